The van der Waals surface area contributed by atoms with E-state index in [1.807, 2.05) is 0 Å². The van der Waals surface area contributed by atoms with Crippen molar-refractivity contribution >= 4 is 17.7 Å². The highest BCUT2D eigenvalue weighted by molar-refractivity contribution is 6.00. The van der Waals surface area contributed by atoms with Gasteiger partial charge < -0.3 is 19.8 Å². The molecule has 0 aliphatic heterocycles. The first kappa shape index (κ1) is 44.0. The lowest BCUT2D eigenvalue weighted by molar-refractivity contribution is -0.235. The Bertz CT molecular complexity index is 1750. The van der Waals surface area contributed by atoms with E-state index in [1.165, 1.54) is 16.7 Å². The molecule has 318 valence electrons. The number of benzene rings is 1. The summed E-state index contributed by atoms with van der Waals surface area (Å²) < 4.78 is 6.20. The normalized spacial score (nSPS) is 35.5. The predicted octanol–water partition coefficient (Wildman–Crippen LogP) is 9.11. The van der Waals surface area contributed by atoms with Crippen LogP contribution < -0.4 is 0 Å². The van der Waals surface area contributed by atoms with E-state index in [0.717, 1.165) is 76.6 Å². The summed E-state index contributed by atoms with van der Waals surface area (Å²) in [4.78, 5) is 43.9. The van der Waals surface area contributed by atoms with Crippen LogP contribution in [0.2, 0.25) is 0 Å². The number of aryl methyl sites for hydroxylation is 1. The van der Waals surface area contributed by atoms with Gasteiger partial charge in [0.1, 0.15) is 6.10 Å². The molecule has 0 amide bonds. The molecule has 0 radical (unpaired) electrons. The number of likely N-dealkylation sites (N-methyl/N-ethyl adjacent to an activating group) is 1. The molecule has 4 fully saturated rings. The Balaban J connectivity index is 1.29. The number of rotatable bonds is 13. The van der Waals surface area contributed by atoms with Crippen LogP contribution in [0.25, 0.3) is 0 Å². The van der Waals surface area contributed by atoms with Crippen LogP contribution >= 0.6 is 0 Å². The topological polar surface area (TPSA) is 107 Å². The summed E-state index contributed by atoms with van der Waals surface area (Å²) in [5, 5.41) is 22.4. The third kappa shape index (κ3) is 7.49. The van der Waals surface area contributed by atoms with Crippen molar-refractivity contribution in [3.63, 3.8) is 0 Å². The second kappa shape index (κ2) is 15.5. The monoisotopic (exact) mass is 789 g/mol. The lowest BCUT2D eigenvalue weighted by Crippen LogP contribution is -2.66. The molecule has 8 heteroatoms. The number of aliphatic hydroxyl groups excluding tert-OH is 1. The Labute approximate surface area is 344 Å². The van der Waals surface area contributed by atoms with Gasteiger partial charge in [-0.2, -0.15) is 0 Å². The van der Waals surface area contributed by atoms with E-state index in [0.29, 0.717) is 24.8 Å². The number of carboxylic acids is 1. The van der Waals surface area contributed by atoms with Crippen LogP contribution in [-0.2, 0) is 25.7 Å². The van der Waals surface area contributed by atoms with Crippen molar-refractivity contribution in [2.24, 2.45) is 56.2 Å². The molecule has 0 unspecified atom stereocenters. The zero-order valence-electron chi connectivity index (χ0n) is 37.6. The number of carboxylic acid groups (broad SMARTS) is 1. The Morgan fingerprint density at radius 1 is 0.930 bits per heavy atom. The van der Waals surface area contributed by atoms with Crippen molar-refractivity contribution < 1.29 is 29.3 Å². The average Bonchev–Trinajstić information content (AvgIpc) is 3.42. The van der Waals surface area contributed by atoms with Crippen molar-refractivity contribution in [1.29, 1.82) is 0 Å². The van der Waals surface area contributed by atoms with Crippen LogP contribution in [0.3, 0.4) is 0 Å². The van der Waals surface area contributed by atoms with Gasteiger partial charge in [0.05, 0.1) is 17.9 Å². The van der Waals surface area contributed by atoms with Crippen molar-refractivity contribution in [1.82, 2.24) is 9.80 Å². The molecule has 5 aliphatic carbocycles. The second-order valence-corrected chi connectivity index (χ2v) is 22.1. The SMILES string of the molecule is Cc1cccc(CN(CCN(C)C)C[C@H](O)[C@@]23CC[C@]4(C)[C@H](CC[C@@H]5[C@@]6(C)CC[C@H](OC(=O)CC(C)(C)C(=O)O)C(C)(C)[C@@H]6CC[C@]54C)C2=C(C(C)C)C(=O)C3)c1. The van der Waals surface area contributed by atoms with Crippen LogP contribution in [0.1, 0.15) is 138 Å². The summed E-state index contributed by atoms with van der Waals surface area (Å²) in [6.45, 7) is 25.0. The van der Waals surface area contributed by atoms with E-state index in [-0.39, 0.29) is 51.8 Å². The highest BCUT2D eigenvalue weighted by Crippen LogP contribution is 2.77. The standard InChI is InChI=1S/C49H76N2O6/c1-31(2)41-35(52)27-49(38(53)30-51(25-24-50(11)12)29-33-15-13-14-32(3)26-33)23-22-47(9)34(42(41)49)16-17-37-46(8)20-19-39(57-40(54)28-44(4,5)43(55)56)45(6,7)36(46)18-21-48(37,47)10/h13-15,26,31,34,36-39,53H,16-25,27-30H2,1-12H3,(H,55,56)/t34-,36+,37-,38+,39+,46+,47-,48-,49+/m1/s1. The van der Waals surface area contributed by atoms with Crippen molar-refractivity contribution in [2.75, 3.05) is 33.7 Å². The molecule has 8 nitrogen and oxygen atoms in total. The summed E-state index contributed by atoms with van der Waals surface area (Å²) in [5.41, 5.74) is 2.97. The number of hydrogen-bond donors (Lipinski definition) is 2. The van der Waals surface area contributed by atoms with E-state index in [9.17, 15) is 24.6 Å². The zero-order chi connectivity index (χ0) is 42.1. The van der Waals surface area contributed by atoms with Gasteiger partial charge in [-0.1, -0.05) is 83.9 Å². The summed E-state index contributed by atoms with van der Waals surface area (Å²) in [7, 11) is 4.20. The summed E-state index contributed by atoms with van der Waals surface area (Å²) in [6, 6.07) is 8.69. The van der Waals surface area contributed by atoms with Crippen LogP contribution in [0.15, 0.2) is 35.4 Å². The molecule has 0 heterocycles. The lowest BCUT2D eigenvalue weighted by Gasteiger charge is -2.72. The van der Waals surface area contributed by atoms with Gasteiger partial charge in [-0.3, -0.25) is 19.3 Å². The van der Waals surface area contributed by atoms with Gasteiger partial charge in [0.25, 0.3) is 0 Å². The Morgan fingerprint density at radius 3 is 2.26 bits per heavy atom. The fourth-order valence-electron chi connectivity index (χ4n) is 14.0. The fraction of sp³-hybridized carbons (Fsp3) is 0.776. The largest absolute Gasteiger partial charge is 0.481 e. The third-order valence-electron chi connectivity index (χ3n) is 17.3. The number of carbonyl (C=O) groups is 3. The van der Waals surface area contributed by atoms with Gasteiger partial charge in [-0.25, -0.2) is 0 Å². The number of ether oxygens (including phenoxy) is 1. The minimum absolute atomic E-state index is 0.0186. The van der Waals surface area contributed by atoms with Crippen molar-refractivity contribution in [2.45, 2.75) is 152 Å². The zero-order valence-corrected chi connectivity index (χ0v) is 37.6. The quantitative estimate of drug-likeness (QED) is 0.191. The van der Waals surface area contributed by atoms with E-state index in [4.69, 9.17) is 4.74 Å². The maximum Gasteiger partial charge on any atom is 0.309 e. The first-order valence-corrected chi connectivity index (χ1v) is 22.2. The van der Waals surface area contributed by atoms with Gasteiger partial charge in [0, 0.05) is 43.4 Å². The minimum Gasteiger partial charge on any atom is -0.481 e. The van der Waals surface area contributed by atoms with Crippen molar-refractivity contribution in [3.05, 3.63) is 46.5 Å². The van der Waals surface area contributed by atoms with Gasteiger partial charge in [0.2, 0.25) is 0 Å². The lowest BCUT2D eigenvalue weighted by atomic mass is 9.33. The second-order valence-electron chi connectivity index (χ2n) is 22.1. The van der Waals surface area contributed by atoms with E-state index in [1.54, 1.807) is 13.8 Å². The molecule has 1 aromatic rings. The van der Waals surface area contributed by atoms with Crippen LogP contribution in [0.4, 0.5) is 0 Å². The number of Topliss-reactive ketones (excluding diaryl/α,β-unsaturated/α-hetero) is 1. The molecule has 0 bridgehead atoms. The Hall–Kier alpha value is -2.55. The number of allylic oxidation sites excluding steroid dienone is 1. The van der Waals surface area contributed by atoms with Crippen LogP contribution in [0, 0.1) is 63.1 Å². The van der Waals surface area contributed by atoms with Gasteiger partial charge >= 0.3 is 11.9 Å². The smallest absolute Gasteiger partial charge is 0.309 e. The van der Waals surface area contributed by atoms with E-state index < -0.39 is 28.9 Å². The number of hydrogen-bond acceptors (Lipinski definition) is 7. The van der Waals surface area contributed by atoms with Gasteiger partial charge in [-0.05, 0) is 137 Å². The Morgan fingerprint density at radius 2 is 1.63 bits per heavy atom. The number of carbonyl (C=O) groups excluding carboxylic acids is 2. The first-order chi connectivity index (χ1) is 26.4. The number of aliphatic carboxylic acids is 1. The maximum atomic E-state index is 14.3. The first-order valence-electron chi connectivity index (χ1n) is 22.2. The third-order valence-corrected chi connectivity index (χ3v) is 17.3. The molecular weight excluding hydrogens is 713 g/mol. The van der Waals surface area contributed by atoms with Crippen LogP contribution in [0.5, 0.6) is 0 Å². The average molecular weight is 789 g/mol. The number of nitrogens with zero attached hydrogens (tertiary/aromatic N) is 2. The number of fused-ring (bicyclic) bond motifs is 7. The van der Waals surface area contributed by atoms with E-state index >= 15 is 0 Å². The molecule has 57 heavy (non-hydrogen) atoms. The summed E-state index contributed by atoms with van der Waals surface area (Å²) in [6.07, 6.45) is 7.27. The molecule has 5 aliphatic rings. The predicted molar refractivity (Wildman–Crippen MR) is 226 cm³/mol. The highest BCUT2D eigenvalue weighted by Gasteiger charge is 2.71. The molecule has 2 N–H and O–H groups in total. The maximum absolute atomic E-state index is 14.3. The van der Waals surface area contributed by atoms with E-state index in [2.05, 4.69) is 104 Å². The molecule has 0 saturated heterocycles. The number of aliphatic hydroxyl groups is 1. The molecule has 4 saturated carbocycles. The molecular formula is C49H76N2O6. The Kier molecular flexibility index (Phi) is 12.0. The van der Waals surface area contributed by atoms with Crippen molar-refractivity contribution in [3.8, 4) is 0 Å². The molecule has 9 atom stereocenters. The molecule has 1 aromatic carbocycles. The highest BCUT2D eigenvalue weighted by atomic mass is 16.5. The number of esters is 1. The van der Waals surface area contributed by atoms with Crippen LogP contribution in [-0.4, -0.2) is 83.7 Å². The van der Waals surface area contributed by atoms with Gasteiger partial charge in [-0.15, -0.1) is 0 Å². The number of ketones is 1. The summed E-state index contributed by atoms with van der Waals surface area (Å²) in [5.74, 6) is 0.0689. The molecule has 0 spiro atoms. The fourth-order valence-corrected chi connectivity index (χ4v) is 14.0. The minimum atomic E-state index is -1.17. The van der Waals surface area contributed by atoms with Gasteiger partial charge in [0.15, 0.2) is 5.78 Å². The molecule has 6 rings (SSSR count). The molecule has 0 aromatic heterocycles. The summed E-state index contributed by atoms with van der Waals surface area (Å²) >= 11 is 0.